The number of carboxylic acid groups (broad SMARTS) is 1. The average Bonchev–Trinajstić information content (AvgIpc) is 2.27. The fourth-order valence-electron chi connectivity index (χ4n) is 1.76. The van der Waals surface area contributed by atoms with Crippen LogP contribution >= 0.6 is 0 Å². The van der Waals surface area contributed by atoms with Crippen LogP contribution in [0.2, 0.25) is 0 Å². The van der Waals surface area contributed by atoms with Crippen molar-refractivity contribution in [2.24, 2.45) is 0 Å². The van der Waals surface area contributed by atoms with Gasteiger partial charge in [-0.3, -0.25) is 4.79 Å². The average molecular weight is 246 g/mol. The van der Waals surface area contributed by atoms with E-state index in [4.69, 9.17) is 10.2 Å². The van der Waals surface area contributed by atoms with Crippen molar-refractivity contribution >= 4 is 12.0 Å². The predicted octanol–water partition coefficient (Wildman–Crippen LogP) is 0.606. The highest BCUT2D eigenvalue weighted by Crippen LogP contribution is 2.10. The van der Waals surface area contributed by atoms with Crippen LogP contribution < -0.4 is 0 Å². The third-order valence-corrected chi connectivity index (χ3v) is 2.67. The topological polar surface area (TPSA) is 81.1 Å². The molecule has 0 aromatic heterocycles. The molecule has 100 valence electrons. The van der Waals surface area contributed by atoms with Crippen LogP contribution in [-0.4, -0.2) is 64.8 Å². The van der Waals surface area contributed by atoms with Crippen molar-refractivity contribution in [2.75, 3.05) is 26.7 Å². The number of hydrogen-bond donors (Lipinski definition) is 2. The number of hydrogen-bond acceptors (Lipinski definition) is 3. The Labute approximate surface area is 102 Å². The number of aliphatic carboxylic acids is 1. The van der Waals surface area contributed by atoms with Gasteiger partial charge >= 0.3 is 12.0 Å². The van der Waals surface area contributed by atoms with Crippen molar-refractivity contribution < 1.29 is 19.8 Å². The Hall–Kier alpha value is -1.30. The van der Waals surface area contributed by atoms with Gasteiger partial charge in [0, 0.05) is 19.6 Å². The molecule has 0 spiro atoms. The van der Waals surface area contributed by atoms with Crippen LogP contribution in [0.4, 0.5) is 4.79 Å². The van der Waals surface area contributed by atoms with Crippen LogP contribution in [0, 0.1) is 0 Å². The molecule has 0 aliphatic rings. The zero-order valence-electron chi connectivity index (χ0n) is 10.7. The molecular weight excluding hydrogens is 224 g/mol. The molecule has 6 heteroatoms. The lowest BCUT2D eigenvalue weighted by Gasteiger charge is -2.33. The monoisotopic (exact) mass is 246 g/mol. The minimum Gasteiger partial charge on any atom is -0.480 e. The summed E-state index contributed by atoms with van der Waals surface area (Å²) in [6.45, 7) is 3.70. The van der Waals surface area contributed by atoms with Crippen molar-refractivity contribution in [3.63, 3.8) is 0 Å². The van der Waals surface area contributed by atoms with E-state index >= 15 is 0 Å². The Morgan fingerprint density at radius 2 is 1.76 bits per heavy atom. The Balaban J connectivity index is 4.67. The molecule has 0 aromatic rings. The molecule has 0 aromatic carbocycles. The number of aliphatic hydroxyl groups is 1. The highest BCUT2D eigenvalue weighted by Gasteiger charge is 2.24. The van der Waals surface area contributed by atoms with Crippen LogP contribution in [0.25, 0.3) is 0 Å². The zero-order valence-corrected chi connectivity index (χ0v) is 10.7. The van der Waals surface area contributed by atoms with Gasteiger partial charge in [0.15, 0.2) is 0 Å². The number of amides is 2. The van der Waals surface area contributed by atoms with Gasteiger partial charge in [-0.2, -0.15) is 0 Å². The summed E-state index contributed by atoms with van der Waals surface area (Å²) in [6.07, 6.45) is 1.56. The third kappa shape index (κ3) is 5.04. The minimum absolute atomic E-state index is 0.0332. The van der Waals surface area contributed by atoms with Gasteiger partial charge in [0.2, 0.25) is 0 Å². The highest BCUT2D eigenvalue weighted by atomic mass is 16.4. The second-order valence-electron chi connectivity index (χ2n) is 3.92. The van der Waals surface area contributed by atoms with Crippen LogP contribution in [0.15, 0.2) is 0 Å². The van der Waals surface area contributed by atoms with E-state index in [-0.39, 0.29) is 31.8 Å². The van der Waals surface area contributed by atoms with E-state index in [0.717, 1.165) is 17.7 Å². The summed E-state index contributed by atoms with van der Waals surface area (Å²) in [5, 5.41) is 17.6. The van der Waals surface area contributed by atoms with Crippen LogP contribution in [0.5, 0.6) is 0 Å². The largest absolute Gasteiger partial charge is 0.480 e. The predicted molar refractivity (Wildman–Crippen MR) is 63.8 cm³/mol. The SMILES string of the molecule is CCC(CC)N(CCO)C(=O)N(C)CC(=O)O. The lowest BCUT2D eigenvalue weighted by atomic mass is 10.1. The van der Waals surface area contributed by atoms with Gasteiger partial charge in [-0.1, -0.05) is 13.8 Å². The van der Waals surface area contributed by atoms with E-state index in [9.17, 15) is 9.59 Å². The first-order valence-electron chi connectivity index (χ1n) is 5.82. The number of urea groups is 1. The highest BCUT2D eigenvalue weighted by molar-refractivity contribution is 5.80. The minimum atomic E-state index is -1.05. The van der Waals surface area contributed by atoms with E-state index in [1.54, 1.807) is 0 Å². The van der Waals surface area contributed by atoms with Gasteiger partial charge < -0.3 is 20.0 Å². The quantitative estimate of drug-likeness (QED) is 0.689. The lowest BCUT2D eigenvalue weighted by Crippen LogP contribution is -2.49. The van der Waals surface area contributed by atoms with Crippen molar-refractivity contribution in [2.45, 2.75) is 32.7 Å². The van der Waals surface area contributed by atoms with Crippen molar-refractivity contribution in [3.8, 4) is 0 Å². The van der Waals surface area contributed by atoms with E-state index in [1.807, 2.05) is 13.8 Å². The van der Waals surface area contributed by atoms with E-state index < -0.39 is 5.97 Å². The second kappa shape index (κ2) is 7.89. The molecule has 0 heterocycles. The maximum absolute atomic E-state index is 12.0. The summed E-state index contributed by atoms with van der Waals surface area (Å²) in [4.78, 5) is 25.2. The Morgan fingerprint density at radius 3 is 2.12 bits per heavy atom. The number of carbonyl (C=O) groups is 2. The molecule has 2 N–H and O–H groups in total. The molecule has 0 aliphatic heterocycles. The first-order chi connectivity index (χ1) is 7.97. The normalized spacial score (nSPS) is 10.4. The fourth-order valence-corrected chi connectivity index (χ4v) is 1.76. The van der Waals surface area contributed by atoms with Gasteiger partial charge in [-0.25, -0.2) is 4.79 Å². The van der Waals surface area contributed by atoms with Gasteiger partial charge in [0.25, 0.3) is 0 Å². The first-order valence-corrected chi connectivity index (χ1v) is 5.82. The van der Waals surface area contributed by atoms with E-state index in [1.165, 1.54) is 11.9 Å². The Morgan fingerprint density at radius 1 is 1.24 bits per heavy atom. The zero-order chi connectivity index (χ0) is 13.4. The maximum atomic E-state index is 12.0. The first kappa shape index (κ1) is 15.7. The molecule has 0 atom stereocenters. The summed E-state index contributed by atoms with van der Waals surface area (Å²) in [7, 11) is 1.45. The Kier molecular flexibility index (Phi) is 7.29. The number of rotatable bonds is 7. The van der Waals surface area contributed by atoms with Crippen molar-refractivity contribution in [1.82, 2.24) is 9.80 Å². The smallest absolute Gasteiger partial charge is 0.323 e. The Bertz CT molecular complexity index is 254. The molecule has 0 fully saturated rings. The fraction of sp³-hybridized carbons (Fsp3) is 0.818. The molecular formula is C11H22N2O4. The van der Waals surface area contributed by atoms with Gasteiger partial charge in [0.05, 0.1) is 6.61 Å². The van der Waals surface area contributed by atoms with Crippen LogP contribution in [0.3, 0.4) is 0 Å². The molecule has 2 amide bonds. The molecule has 0 bridgehead atoms. The summed E-state index contributed by atoms with van der Waals surface area (Å²) in [5.74, 6) is -1.05. The van der Waals surface area contributed by atoms with Crippen LogP contribution in [-0.2, 0) is 4.79 Å². The number of carboxylic acids is 1. The molecule has 0 rings (SSSR count). The molecule has 0 saturated heterocycles. The third-order valence-electron chi connectivity index (χ3n) is 2.67. The number of likely N-dealkylation sites (N-methyl/N-ethyl adjacent to an activating group) is 1. The molecule has 6 nitrogen and oxygen atoms in total. The molecule has 17 heavy (non-hydrogen) atoms. The van der Waals surface area contributed by atoms with Gasteiger partial charge in [-0.15, -0.1) is 0 Å². The van der Waals surface area contributed by atoms with Gasteiger partial charge in [0.1, 0.15) is 6.54 Å². The molecule has 0 unspecified atom stereocenters. The molecule has 0 aliphatic carbocycles. The maximum Gasteiger partial charge on any atom is 0.323 e. The second-order valence-corrected chi connectivity index (χ2v) is 3.92. The van der Waals surface area contributed by atoms with E-state index in [2.05, 4.69) is 0 Å². The summed E-state index contributed by atoms with van der Waals surface area (Å²) in [6, 6.07) is -0.318. The summed E-state index contributed by atoms with van der Waals surface area (Å²) < 4.78 is 0. The number of nitrogens with zero attached hydrogens (tertiary/aromatic N) is 2. The lowest BCUT2D eigenvalue weighted by molar-refractivity contribution is -0.137. The van der Waals surface area contributed by atoms with Gasteiger partial charge in [-0.05, 0) is 12.8 Å². The number of aliphatic hydroxyl groups excluding tert-OH is 1. The summed E-state index contributed by atoms with van der Waals surface area (Å²) in [5.41, 5.74) is 0. The van der Waals surface area contributed by atoms with Crippen LogP contribution in [0.1, 0.15) is 26.7 Å². The van der Waals surface area contributed by atoms with E-state index in [0.29, 0.717) is 0 Å². The standard InChI is InChI=1S/C11H22N2O4/c1-4-9(5-2)13(6-7-14)11(17)12(3)8-10(15)16/h9,14H,4-8H2,1-3H3,(H,15,16). The van der Waals surface area contributed by atoms with Crippen molar-refractivity contribution in [3.05, 3.63) is 0 Å². The molecule has 0 radical (unpaired) electrons. The summed E-state index contributed by atoms with van der Waals surface area (Å²) >= 11 is 0. The number of carbonyl (C=O) groups excluding carboxylic acids is 1. The molecule has 0 saturated carbocycles. The van der Waals surface area contributed by atoms with Crippen molar-refractivity contribution in [1.29, 1.82) is 0 Å².